The quantitative estimate of drug-likeness (QED) is 0.288. The summed E-state index contributed by atoms with van der Waals surface area (Å²) in [7, 11) is 5.34. The molecule has 1 heterocycles. The Morgan fingerprint density at radius 1 is 1.07 bits per heavy atom. The fraction of sp³-hybridized carbons (Fsp3) is 0.455. The van der Waals surface area contributed by atoms with E-state index in [1.165, 1.54) is 5.56 Å². The minimum absolute atomic E-state index is 0. The number of ether oxygens (including phenoxy) is 3. The van der Waals surface area contributed by atoms with Gasteiger partial charge in [0.25, 0.3) is 0 Å². The number of guanidine groups is 1. The molecule has 7 nitrogen and oxygen atoms in total. The Morgan fingerprint density at radius 3 is 2.50 bits per heavy atom. The average molecular weight is 528 g/mol. The zero-order valence-electron chi connectivity index (χ0n) is 18.5. The van der Waals surface area contributed by atoms with E-state index in [4.69, 9.17) is 19.2 Å². The fourth-order valence-electron chi connectivity index (χ4n) is 2.85. The molecule has 0 fully saturated rings. The molecule has 2 aromatic rings. The van der Waals surface area contributed by atoms with E-state index >= 15 is 0 Å². The molecule has 0 bridgehead atoms. The van der Waals surface area contributed by atoms with E-state index in [-0.39, 0.29) is 24.0 Å². The van der Waals surface area contributed by atoms with Crippen molar-refractivity contribution < 1.29 is 14.2 Å². The van der Waals surface area contributed by atoms with Crippen LogP contribution in [0.15, 0.2) is 41.5 Å². The van der Waals surface area contributed by atoms with E-state index in [0.29, 0.717) is 19.0 Å². The van der Waals surface area contributed by atoms with E-state index in [1.807, 2.05) is 38.2 Å². The number of methoxy groups -OCH3 is 2. The molecule has 1 N–H and O–H groups in total. The number of aromatic nitrogens is 1. The van der Waals surface area contributed by atoms with Crippen molar-refractivity contribution >= 4 is 29.9 Å². The van der Waals surface area contributed by atoms with Crippen molar-refractivity contribution in [2.24, 2.45) is 4.99 Å². The first-order valence-electron chi connectivity index (χ1n) is 9.89. The highest BCUT2D eigenvalue weighted by molar-refractivity contribution is 14.0. The van der Waals surface area contributed by atoms with Crippen molar-refractivity contribution in [2.75, 3.05) is 41.0 Å². The molecule has 0 spiro atoms. The molecule has 0 saturated carbocycles. The van der Waals surface area contributed by atoms with Crippen LogP contribution in [0.4, 0.5) is 0 Å². The Hall–Kier alpha value is -2.23. The topological polar surface area (TPSA) is 68.2 Å². The zero-order valence-corrected chi connectivity index (χ0v) is 20.8. The summed E-state index contributed by atoms with van der Waals surface area (Å²) in [6.45, 7) is 6.80. The molecule has 1 aromatic carbocycles. The lowest BCUT2D eigenvalue weighted by Crippen LogP contribution is -2.39. The van der Waals surface area contributed by atoms with Gasteiger partial charge in [0.05, 0.1) is 27.4 Å². The molecule has 0 aliphatic carbocycles. The summed E-state index contributed by atoms with van der Waals surface area (Å²) >= 11 is 0. The third-order valence-corrected chi connectivity index (χ3v) is 4.38. The summed E-state index contributed by atoms with van der Waals surface area (Å²) in [5, 5.41) is 3.35. The number of hydrogen-bond donors (Lipinski definition) is 1. The van der Waals surface area contributed by atoms with Crippen molar-refractivity contribution in [3.8, 4) is 17.4 Å². The Labute approximate surface area is 196 Å². The van der Waals surface area contributed by atoms with Crippen molar-refractivity contribution in [1.29, 1.82) is 0 Å². The van der Waals surface area contributed by atoms with Crippen molar-refractivity contribution in [3.63, 3.8) is 0 Å². The van der Waals surface area contributed by atoms with Gasteiger partial charge in [-0.25, -0.2) is 9.98 Å². The predicted octanol–water partition coefficient (Wildman–Crippen LogP) is 3.76. The summed E-state index contributed by atoms with van der Waals surface area (Å²) in [5.41, 5.74) is 2.24. The number of benzene rings is 1. The zero-order chi connectivity index (χ0) is 21.1. The maximum atomic E-state index is 5.47. The molecule has 166 valence electrons. The van der Waals surface area contributed by atoms with Gasteiger partial charge in [0.2, 0.25) is 5.88 Å². The van der Waals surface area contributed by atoms with Gasteiger partial charge >= 0.3 is 0 Å². The fourth-order valence-corrected chi connectivity index (χ4v) is 2.85. The molecule has 0 atom stereocenters. The highest BCUT2D eigenvalue weighted by Crippen LogP contribution is 2.27. The van der Waals surface area contributed by atoms with Gasteiger partial charge in [0.15, 0.2) is 17.5 Å². The van der Waals surface area contributed by atoms with Gasteiger partial charge < -0.3 is 24.4 Å². The maximum absolute atomic E-state index is 5.47. The molecular formula is C22H33IN4O3. The number of likely N-dealkylation sites (N-methyl/N-ethyl adjacent to an activating group) is 1. The normalized spacial score (nSPS) is 10.8. The highest BCUT2D eigenvalue weighted by Gasteiger charge is 2.09. The number of rotatable bonds is 10. The lowest BCUT2D eigenvalue weighted by molar-refractivity contribution is 0.326. The van der Waals surface area contributed by atoms with Gasteiger partial charge in [0, 0.05) is 32.4 Å². The number of aliphatic imine (C=N–C) groups is 1. The summed E-state index contributed by atoms with van der Waals surface area (Å²) in [4.78, 5) is 11.1. The van der Waals surface area contributed by atoms with Gasteiger partial charge in [0.1, 0.15) is 0 Å². The van der Waals surface area contributed by atoms with E-state index in [9.17, 15) is 0 Å². The number of nitrogens with one attached hydrogen (secondary N) is 1. The largest absolute Gasteiger partial charge is 0.493 e. The number of pyridine rings is 1. The van der Waals surface area contributed by atoms with E-state index in [0.717, 1.165) is 42.5 Å². The Kier molecular flexibility index (Phi) is 12.0. The van der Waals surface area contributed by atoms with Crippen LogP contribution in [0.2, 0.25) is 0 Å². The van der Waals surface area contributed by atoms with Crippen molar-refractivity contribution in [3.05, 3.63) is 47.7 Å². The molecule has 30 heavy (non-hydrogen) atoms. The van der Waals surface area contributed by atoms with Gasteiger partial charge in [-0.15, -0.1) is 24.0 Å². The second-order valence-corrected chi connectivity index (χ2v) is 6.47. The average Bonchev–Trinajstić information content (AvgIpc) is 2.75. The summed E-state index contributed by atoms with van der Waals surface area (Å²) in [6.07, 6.45) is 2.62. The third-order valence-electron chi connectivity index (χ3n) is 4.38. The van der Waals surface area contributed by atoms with Crippen molar-refractivity contribution in [1.82, 2.24) is 15.2 Å². The molecule has 0 amide bonds. The minimum atomic E-state index is 0. The van der Waals surface area contributed by atoms with Gasteiger partial charge in [-0.1, -0.05) is 6.07 Å². The van der Waals surface area contributed by atoms with Crippen LogP contribution >= 0.6 is 24.0 Å². The van der Waals surface area contributed by atoms with E-state index in [2.05, 4.69) is 28.2 Å². The summed E-state index contributed by atoms with van der Waals surface area (Å²) in [6, 6.07) is 9.90. The van der Waals surface area contributed by atoms with Crippen LogP contribution in [0.5, 0.6) is 17.4 Å². The van der Waals surface area contributed by atoms with E-state index in [1.54, 1.807) is 20.4 Å². The maximum Gasteiger partial charge on any atom is 0.213 e. The Bertz CT molecular complexity index is 802. The first kappa shape index (κ1) is 25.8. The lowest BCUT2D eigenvalue weighted by atomic mass is 10.1. The van der Waals surface area contributed by atoms with Crippen LogP contribution < -0.4 is 19.5 Å². The number of nitrogens with zero attached hydrogens (tertiary/aromatic N) is 3. The highest BCUT2D eigenvalue weighted by atomic mass is 127. The van der Waals surface area contributed by atoms with Crippen LogP contribution in [0.1, 0.15) is 25.0 Å². The third kappa shape index (κ3) is 7.89. The first-order valence-corrected chi connectivity index (χ1v) is 9.89. The minimum Gasteiger partial charge on any atom is -0.493 e. The summed E-state index contributed by atoms with van der Waals surface area (Å²) in [5.74, 6) is 2.98. The SMILES string of the molecule is CCNC(=NCc1ccnc(OCC)c1)N(C)CCc1ccc(OC)c(OC)c1.I. The van der Waals surface area contributed by atoms with Crippen molar-refractivity contribution in [2.45, 2.75) is 26.8 Å². The molecule has 0 unspecified atom stereocenters. The van der Waals surface area contributed by atoms with Crippen LogP contribution in [-0.4, -0.2) is 56.8 Å². The van der Waals surface area contributed by atoms with Gasteiger partial charge in [-0.05, 0) is 49.6 Å². The monoisotopic (exact) mass is 528 g/mol. The first-order chi connectivity index (χ1) is 14.1. The lowest BCUT2D eigenvalue weighted by Gasteiger charge is -2.22. The van der Waals surface area contributed by atoms with Gasteiger partial charge in [-0.2, -0.15) is 0 Å². The van der Waals surface area contributed by atoms with Crippen LogP contribution in [0.25, 0.3) is 0 Å². The molecule has 8 heteroatoms. The second kappa shape index (κ2) is 13.9. The molecule has 2 rings (SSSR count). The molecule has 1 aromatic heterocycles. The molecule has 0 saturated heterocycles. The Morgan fingerprint density at radius 2 is 1.83 bits per heavy atom. The Balaban J connectivity index is 0.00000450. The van der Waals surface area contributed by atoms with E-state index < -0.39 is 0 Å². The number of halogens is 1. The van der Waals surface area contributed by atoms with Crippen LogP contribution in [0, 0.1) is 0 Å². The molecule has 0 aliphatic heterocycles. The number of hydrogen-bond acceptors (Lipinski definition) is 5. The molecule has 0 radical (unpaired) electrons. The second-order valence-electron chi connectivity index (χ2n) is 6.47. The van der Waals surface area contributed by atoms with Gasteiger partial charge in [-0.3, -0.25) is 0 Å². The van der Waals surface area contributed by atoms with Crippen LogP contribution in [0.3, 0.4) is 0 Å². The van der Waals surface area contributed by atoms with Crippen LogP contribution in [-0.2, 0) is 13.0 Å². The molecule has 0 aliphatic rings. The predicted molar refractivity (Wildman–Crippen MR) is 132 cm³/mol. The molecular weight excluding hydrogens is 495 g/mol. The summed E-state index contributed by atoms with van der Waals surface area (Å²) < 4.78 is 16.2. The smallest absolute Gasteiger partial charge is 0.213 e. The standard InChI is InChI=1S/C22H32N4O3.HI/c1-6-23-22(25-16-18-10-12-24-21(15-18)29-7-2)26(3)13-11-17-8-9-19(27-4)20(14-17)28-5;/h8-10,12,14-15H,6-7,11,13,16H2,1-5H3,(H,23,25);1H.